The monoisotopic (exact) mass is 521 g/mol. The Balaban J connectivity index is 0.00000392. The molecular formula is C21H36IN3O2S. The standard InChI is InChI=1S/C21H35N3O2S.HI/c1-3-22-21(23-11-4-5-14-27-2)24-16-18-7-6-8-19(15-18)17-26-20-9-12-25-13-10-20;/h6-8,15,20H,3-5,9-14,16-17H2,1-2H3,(H2,22,23,24);1H. The topological polar surface area (TPSA) is 54.9 Å². The van der Waals surface area contributed by atoms with Crippen molar-refractivity contribution in [2.75, 3.05) is 38.3 Å². The van der Waals surface area contributed by atoms with E-state index in [1.54, 1.807) is 0 Å². The van der Waals surface area contributed by atoms with Gasteiger partial charge in [-0.05, 0) is 55.7 Å². The molecule has 2 rings (SSSR count). The minimum atomic E-state index is 0. The minimum Gasteiger partial charge on any atom is -0.381 e. The maximum Gasteiger partial charge on any atom is 0.191 e. The molecule has 28 heavy (non-hydrogen) atoms. The van der Waals surface area contributed by atoms with Crippen molar-refractivity contribution in [2.24, 2.45) is 4.99 Å². The average Bonchev–Trinajstić information content (AvgIpc) is 2.71. The summed E-state index contributed by atoms with van der Waals surface area (Å²) in [7, 11) is 0. The molecule has 0 aliphatic carbocycles. The van der Waals surface area contributed by atoms with Crippen LogP contribution in [0.1, 0.15) is 43.7 Å². The first-order chi connectivity index (χ1) is 13.3. The minimum absolute atomic E-state index is 0. The lowest BCUT2D eigenvalue weighted by Gasteiger charge is -2.22. The third kappa shape index (κ3) is 10.9. The molecule has 0 aromatic heterocycles. The maximum atomic E-state index is 6.03. The first kappa shape index (κ1) is 25.5. The Bertz CT molecular complexity index is 554. The Labute approximate surface area is 191 Å². The quantitative estimate of drug-likeness (QED) is 0.198. The molecule has 1 heterocycles. The van der Waals surface area contributed by atoms with Gasteiger partial charge in [-0.15, -0.1) is 24.0 Å². The molecule has 1 aromatic carbocycles. The molecule has 1 aliphatic heterocycles. The Kier molecular flexibility index (Phi) is 14.9. The van der Waals surface area contributed by atoms with Crippen molar-refractivity contribution in [3.8, 4) is 0 Å². The van der Waals surface area contributed by atoms with E-state index in [4.69, 9.17) is 14.5 Å². The molecule has 2 N–H and O–H groups in total. The van der Waals surface area contributed by atoms with E-state index in [9.17, 15) is 0 Å². The largest absolute Gasteiger partial charge is 0.381 e. The fourth-order valence-corrected chi connectivity index (χ4v) is 3.46. The molecular weight excluding hydrogens is 485 g/mol. The van der Waals surface area contributed by atoms with E-state index >= 15 is 0 Å². The van der Waals surface area contributed by atoms with Gasteiger partial charge in [-0.2, -0.15) is 11.8 Å². The summed E-state index contributed by atoms with van der Waals surface area (Å²) >= 11 is 1.90. The van der Waals surface area contributed by atoms with Gasteiger partial charge >= 0.3 is 0 Å². The number of halogens is 1. The van der Waals surface area contributed by atoms with Crippen LogP contribution < -0.4 is 10.6 Å². The molecule has 0 spiro atoms. The van der Waals surface area contributed by atoms with Crippen LogP contribution in [0.15, 0.2) is 29.3 Å². The van der Waals surface area contributed by atoms with Crippen LogP contribution in [0.25, 0.3) is 0 Å². The van der Waals surface area contributed by atoms with Gasteiger partial charge in [0.15, 0.2) is 5.96 Å². The SMILES string of the molecule is CCNC(=NCc1cccc(COC2CCOCC2)c1)NCCCCSC.I. The van der Waals surface area contributed by atoms with Crippen molar-refractivity contribution in [2.45, 2.75) is 51.9 Å². The van der Waals surface area contributed by atoms with Crippen molar-refractivity contribution in [3.63, 3.8) is 0 Å². The van der Waals surface area contributed by atoms with Gasteiger partial charge < -0.3 is 20.1 Å². The molecule has 160 valence electrons. The van der Waals surface area contributed by atoms with Gasteiger partial charge in [0.05, 0.1) is 19.3 Å². The molecule has 0 bridgehead atoms. The van der Waals surface area contributed by atoms with E-state index in [0.717, 1.165) is 45.1 Å². The van der Waals surface area contributed by atoms with Gasteiger partial charge in [-0.3, -0.25) is 0 Å². The lowest BCUT2D eigenvalue weighted by Crippen LogP contribution is -2.37. The summed E-state index contributed by atoms with van der Waals surface area (Å²) in [6, 6.07) is 8.55. The lowest BCUT2D eigenvalue weighted by atomic mass is 10.1. The summed E-state index contributed by atoms with van der Waals surface area (Å²) in [5.41, 5.74) is 2.42. The maximum absolute atomic E-state index is 6.03. The summed E-state index contributed by atoms with van der Waals surface area (Å²) in [6.07, 6.45) is 6.89. The van der Waals surface area contributed by atoms with E-state index in [1.165, 1.54) is 29.7 Å². The van der Waals surface area contributed by atoms with Gasteiger partial charge in [-0.25, -0.2) is 4.99 Å². The molecule has 0 atom stereocenters. The Morgan fingerprint density at radius 1 is 1.21 bits per heavy atom. The van der Waals surface area contributed by atoms with Crippen LogP contribution in [0.2, 0.25) is 0 Å². The van der Waals surface area contributed by atoms with E-state index in [1.807, 2.05) is 11.8 Å². The molecule has 1 aliphatic rings. The average molecular weight is 522 g/mol. The summed E-state index contributed by atoms with van der Waals surface area (Å²) in [5.74, 6) is 2.11. The van der Waals surface area contributed by atoms with Gasteiger partial charge in [0.1, 0.15) is 0 Å². The number of benzene rings is 1. The van der Waals surface area contributed by atoms with Gasteiger partial charge in [-0.1, -0.05) is 24.3 Å². The van der Waals surface area contributed by atoms with Crippen LogP contribution in [0.3, 0.4) is 0 Å². The molecule has 1 aromatic rings. The summed E-state index contributed by atoms with van der Waals surface area (Å²) in [5, 5.41) is 6.75. The molecule has 1 saturated heterocycles. The highest BCUT2D eigenvalue weighted by molar-refractivity contribution is 14.0. The number of guanidine groups is 1. The number of hydrogen-bond donors (Lipinski definition) is 2. The van der Waals surface area contributed by atoms with Crippen molar-refractivity contribution in [3.05, 3.63) is 35.4 Å². The fraction of sp³-hybridized carbons (Fsp3) is 0.667. The van der Waals surface area contributed by atoms with E-state index in [2.05, 4.69) is 48.1 Å². The van der Waals surface area contributed by atoms with Crippen molar-refractivity contribution >= 4 is 41.7 Å². The van der Waals surface area contributed by atoms with Gasteiger partial charge in [0, 0.05) is 26.3 Å². The molecule has 0 radical (unpaired) electrons. The lowest BCUT2D eigenvalue weighted by molar-refractivity contribution is -0.0390. The number of nitrogens with zero attached hydrogens (tertiary/aromatic N) is 1. The first-order valence-electron chi connectivity index (χ1n) is 10.1. The highest BCUT2D eigenvalue weighted by atomic mass is 127. The third-order valence-electron chi connectivity index (χ3n) is 4.48. The van der Waals surface area contributed by atoms with E-state index < -0.39 is 0 Å². The molecule has 0 unspecified atom stereocenters. The molecule has 1 fully saturated rings. The van der Waals surface area contributed by atoms with Crippen molar-refractivity contribution in [1.29, 1.82) is 0 Å². The number of unbranched alkanes of at least 4 members (excludes halogenated alkanes) is 1. The van der Waals surface area contributed by atoms with Crippen LogP contribution >= 0.6 is 35.7 Å². The number of rotatable bonds is 11. The smallest absolute Gasteiger partial charge is 0.191 e. The zero-order chi connectivity index (χ0) is 19.2. The molecule has 5 nitrogen and oxygen atoms in total. The van der Waals surface area contributed by atoms with Crippen LogP contribution in [0, 0.1) is 0 Å². The molecule has 0 amide bonds. The normalized spacial score (nSPS) is 15.1. The van der Waals surface area contributed by atoms with Gasteiger partial charge in [0.2, 0.25) is 0 Å². The van der Waals surface area contributed by atoms with Gasteiger partial charge in [0.25, 0.3) is 0 Å². The Morgan fingerprint density at radius 3 is 2.75 bits per heavy atom. The van der Waals surface area contributed by atoms with Crippen molar-refractivity contribution < 1.29 is 9.47 Å². The predicted molar refractivity (Wildman–Crippen MR) is 131 cm³/mol. The summed E-state index contributed by atoms with van der Waals surface area (Å²) < 4.78 is 11.4. The second-order valence-corrected chi connectivity index (χ2v) is 7.75. The van der Waals surface area contributed by atoms with E-state index in [0.29, 0.717) is 19.3 Å². The summed E-state index contributed by atoms with van der Waals surface area (Å²) in [6.45, 7) is 6.90. The fourth-order valence-electron chi connectivity index (χ4n) is 2.96. The summed E-state index contributed by atoms with van der Waals surface area (Å²) in [4.78, 5) is 4.72. The number of ether oxygens (including phenoxy) is 2. The van der Waals surface area contributed by atoms with Crippen LogP contribution in [0.5, 0.6) is 0 Å². The second-order valence-electron chi connectivity index (χ2n) is 6.76. The number of aliphatic imine (C=N–C) groups is 1. The Hall–Kier alpha value is -0.510. The first-order valence-corrected chi connectivity index (χ1v) is 11.5. The third-order valence-corrected chi connectivity index (χ3v) is 5.17. The van der Waals surface area contributed by atoms with Crippen LogP contribution in [-0.4, -0.2) is 50.4 Å². The molecule has 0 saturated carbocycles. The van der Waals surface area contributed by atoms with Crippen LogP contribution in [-0.2, 0) is 22.6 Å². The highest BCUT2D eigenvalue weighted by Gasteiger charge is 2.14. The Morgan fingerprint density at radius 2 is 2.00 bits per heavy atom. The van der Waals surface area contributed by atoms with Crippen LogP contribution in [0.4, 0.5) is 0 Å². The molecule has 7 heteroatoms. The predicted octanol–water partition coefficient (Wildman–Crippen LogP) is 4.20. The number of hydrogen-bond acceptors (Lipinski definition) is 4. The highest BCUT2D eigenvalue weighted by Crippen LogP contribution is 2.14. The number of thioether (sulfide) groups is 1. The van der Waals surface area contributed by atoms with Crippen molar-refractivity contribution in [1.82, 2.24) is 10.6 Å². The van der Waals surface area contributed by atoms with E-state index in [-0.39, 0.29) is 24.0 Å². The zero-order valence-corrected chi connectivity index (χ0v) is 20.4. The zero-order valence-electron chi connectivity index (χ0n) is 17.2. The number of nitrogens with one attached hydrogen (secondary N) is 2. The second kappa shape index (κ2) is 16.3.